The van der Waals surface area contributed by atoms with Crippen LogP contribution in [-0.2, 0) is 18.4 Å². The average molecular weight is 645 g/mol. The molecule has 0 bridgehead atoms. The number of likely N-dealkylation sites (N-methyl/N-ethyl adjacent to an activating group) is 1. The fourth-order valence-corrected chi connectivity index (χ4v) is 5.48. The summed E-state index contributed by atoms with van der Waals surface area (Å²) in [5.41, 5.74) is 0. The summed E-state index contributed by atoms with van der Waals surface area (Å²) in [7, 11) is 1.24. The summed E-state index contributed by atoms with van der Waals surface area (Å²) in [5, 5.41) is 13.6. The summed E-state index contributed by atoms with van der Waals surface area (Å²) in [6.07, 6.45) is 29.4. The van der Waals surface area contributed by atoms with Gasteiger partial charge in [-0.3, -0.25) is 9.36 Å². The molecule has 260 valence electrons. The highest BCUT2D eigenvalue weighted by Gasteiger charge is 2.23. The van der Waals surface area contributed by atoms with Crippen molar-refractivity contribution < 1.29 is 32.9 Å². The molecule has 0 aromatic heterocycles. The molecule has 1 amide bonds. The minimum absolute atomic E-state index is 0.00508. The summed E-state index contributed by atoms with van der Waals surface area (Å²) in [6, 6.07) is -0.894. The van der Waals surface area contributed by atoms with Gasteiger partial charge < -0.3 is 28.8 Å². The lowest BCUT2D eigenvalue weighted by molar-refractivity contribution is -0.870. The van der Waals surface area contributed by atoms with Crippen molar-refractivity contribution >= 4 is 13.7 Å². The zero-order valence-electron chi connectivity index (χ0n) is 29.1. The van der Waals surface area contributed by atoms with E-state index in [2.05, 4.69) is 31.3 Å². The number of carbonyl (C=O) groups is 1. The largest absolute Gasteiger partial charge is 0.756 e. The second kappa shape index (κ2) is 28.2. The Morgan fingerprint density at radius 1 is 0.773 bits per heavy atom. The van der Waals surface area contributed by atoms with Crippen molar-refractivity contribution in [2.24, 2.45) is 0 Å². The first-order chi connectivity index (χ1) is 21.0. The number of carbonyl (C=O) groups excluding carboxylic acids is 1. The molecule has 0 aliphatic rings. The number of hydrogen-bond donors (Lipinski definition) is 2. The molecular formula is C35H69N2O6P. The predicted octanol–water partition coefficient (Wildman–Crippen LogP) is 7.99. The van der Waals surface area contributed by atoms with Crippen molar-refractivity contribution in [3.8, 4) is 0 Å². The van der Waals surface area contributed by atoms with Crippen LogP contribution in [0.1, 0.15) is 142 Å². The third-order valence-electron chi connectivity index (χ3n) is 7.66. The van der Waals surface area contributed by atoms with E-state index in [1.807, 2.05) is 27.2 Å². The molecule has 44 heavy (non-hydrogen) atoms. The van der Waals surface area contributed by atoms with E-state index in [9.17, 15) is 19.4 Å². The van der Waals surface area contributed by atoms with Gasteiger partial charge in [0.1, 0.15) is 13.2 Å². The number of rotatable bonds is 31. The molecule has 0 rings (SSSR count). The van der Waals surface area contributed by atoms with Gasteiger partial charge in [-0.25, -0.2) is 0 Å². The average Bonchev–Trinajstić information content (AvgIpc) is 2.95. The standard InChI is InChI=1S/C35H69N2O6P/c1-6-8-10-12-14-16-18-19-20-22-24-26-28-34(38)33(32-43-44(40,41)42-31-30-37(3,4)5)36-35(39)29-27-25-23-21-17-15-13-11-9-7-2/h19-20,26,28,33-34,38H,6-18,21-25,27,29-32H2,1-5H3,(H-,36,39,40,41)/b20-19+,28-26+. The maximum absolute atomic E-state index is 12.7. The zero-order chi connectivity index (χ0) is 32.9. The lowest BCUT2D eigenvalue weighted by atomic mass is 10.1. The van der Waals surface area contributed by atoms with E-state index in [4.69, 9.17) is 9.05 Å². The maximum Gasteiger partial charge on any atom is 0.268 e. The van der Waals surface area contributed by atoms with Gasteiger partial charge >= 0.3 is 0 Å². The van der Waals surface area contributed by atoms with Gasteiger partial charge in [-0.1, -0.05) is 128 Å². The van der Waals surface area contributed by atoms with Gasteiger partial charge in [0.25, 0.3) is 7.82 Å². The number of nitrogens with zero attached hydrogens (tertiary/aromatic N) is 1. The molecule has 0 aliphatic carbocycles. The van der Waals surface area contributed by atoms with Crippen LogP contribution in [-0.4, -0.2) is 68.5 Å². The van der Waals surface area contributed by atoms with Crippen molar-refractivity contribution in [1.82, 2.24) is 5.32 Å². The Morgan fingerprint density at radius 2 is 1.27 bits per heavy atom. The van der Waals surface area contributed by atoms with Crippen molar-refractivity contribution in [2.75, 3.05) is 40.9 Å². The van der Waals surface area contributed by atoms with Gasteiger partial charge in [-0.2, -0.15) is 0 Å². The Balaban J connectivity index is 4.66. The van der Waals surface area contributed by atoms with Gasteiger partial charge in [0.05, 0.1) is 39.9 Å². The fourth-order valence-electron chi connectivity index (χ4n) is 4.75. The van der Waals surface area contributed by atoms with Gasteiger partial charge in [0, 0.05) is 6.42 Å². The SMILES string of the molecule is CCCCCCCC/C=C/CC/C=C/C(O)C(COP(=O)([O-])OCC[N+](C)(C)C)NC(=O)CCCCCCCCCCCC. The number of quaternary nitrogens is 1. The predicted molar refractivity (Wildman–Crippen MR) is 182 cm³/mol. The van der Waals surface area contributed by atoms with Crippen LogP contribution in [0.5, 0.6) is 0 Å². The van der Waals surface area contributed by atoms with Crippen molar-refractivity contribution in [2.45, 2.75) is 154 Å². The number of amides is 1. The first-order valence-corrected chi connectivity index (χ1v) is 19.2. The monoisotopic (exact) mass is 644 g/mol. The van der Waals surface area contributed by atoms with Crippen LogP contribution in [0.2, 0.25) is 0 Å². The van der Waals surface area contributed by atoms with E-state index in [1.54, 1.807) is 6.08 Å². The lowest BCUT2D eigenvalue weighted by Crippen LogP contribution is -2.45. The summed E-state index contributed by atoms with van der Waals surface area (Å²) >= 11 is 0. The number of aliphatic hydroxyl groups excluding tert-OH is 1. The Morgan fingerprint density at radius 3 is 1.84 bits per heavy atom. The smallest absolute Gasteiger partial charge is 0.268 e. The van der Waals surface area contributed by atoms with E-state index >= 15 is 0 Å². The highest BCUT2D eigenvalue weighted by atomic mass is 31.2. The normalized spacial score (nSPS) is 15.2. The third kappa shape index (κ3) is 29.7. The summed E-state index contributed by atoms with van der Waals surface area (Å²) < 4.78 is 23.0. The minimum atomic E-state index is -4.58. The van der Waals surface area contributed by atoms with Gasteiger partial charge in [-0.05, 0) is 32.1 Å². The number of hydrogen-bond acceptors (Lipinski definition) is 6. The van der Waals surface area contributed by atoms with Crippen molar-refractivity contribution in [3.63, 3.8) is 0 Å². The van der Waals surface area contributed by atoms with Crippen molar-refractivity contribution in [1.29, 1.82) is 0 Å². The molecule has 0 aliphatic heterocycles. The fraction of sp³-hybridized carbons (Fsp3) is 0.857. The molecule has 0 saturated heterocycles. The molecule has 0 saturated carbocycles. The molecule has 3 atom stereocenters. The molecule has 9 heteroatoms. The van der Waals surface area contributed by atoms with Gasteiger partial charge in [0.15, 0.2) is 0 Å². The second-order valence-corrected chi connectivity index (χ2v) is 14.6. The molecule has 2 N–H and O–H groups in total. The summed E-state index contributed by atoms with van der Waals surface area (Å²) in [4.78, 5) is 25.0. The Kier molecular flexibility index (Phi) is 27.6. The molecule has 0 fully saturated rings. The number of nitrogens with one attached hydrogen (secondary N) is 1. The number of unbranched alkanes of at least 4 members (excludes halogenated alkanes) is 16. The van der Waals surface area contributed by atoms with Crippen LogP contribution in [0.4, 0.5) is 0 Å². The highest BCUT2D eigenvalue weighted by Crippen LogP contribution is 2.38. The molecule has 8 nitrogen and oxygen atoms in total. The highest BCUT2D eigenvalue weighted by molar-refractivity contribution is 7.45. The first kappa shape index (κ1) is 43.0. The van der Waals surface area contributed by atoms with Crippen LogP contribution >= 0.6 is 7.82 Å². The summed E-state index contributed by atoms with van der Waals surface area (Å²) in [5.74, 6) is -0.213. The van der Waals surface area contributed by atoms with E-state index in [0.29, 0.717) is 17.4 Å². The Labute approximate surface area is 271 Å². The minimum Gasteiger partial charge on any atom is -0.756 e. The first-order valence-electron chi connectivity index (χ1n) is 17.7. The molecule has 3 unspecified atom stereocenters. The summed E-state index contributed by atoms with van der Waals surface area (Å²) in [6.45, 7) is 4.56. The van der Waals surface area contributed by atoms with Gasteiger partial charge in [0.2, 0.25) is 5.91 Å². The van der Waals surface area contributed by atoms with Crippen LogP contribution in [0.25, 0.3) is 0 Å². The van der Waals surface area contributed by atoms with E-state index in [0.717, 1.165) is 38.5 Å². The van der Waals surface area contributed by atoms with Crippen molar-refractivity contribution in [3.05, 3.63) is 24.3 Å². The topological polar surface area (TPSA) is 108 Å². The van der Waals surface area contributed by atoms with Gasteiger partial charge in [-0.15, -0.1) is 0 Å². The molecular weight excluding hydrogens is 575 g/mol. The maximum atomic E-state index is 12.7. The number of allylic oxidation sites excluding steroid dienone is 3. The lowest BCUT2D eigenvalue weighted by Gasteiger charge is -2.29. The van der Waals surface area contributed by atoms with Crippen LogP contribution in [0.15, 0.2) is 24.3 Å². The van der Waals surface area contributed by atoms with E-state index < -0.39 is 26.6 Å². The van der Waals surface area contributed by atoms with E-state index in [-0.39, 0.29) is 12.5 Å². The quantitative estimate of drug-likeness (QED) is 0.0343. The number of phosphoric acid groups is 1. The molecule has 0 aromatic rings. The molecule has 0 aromatic carbocycles. The van der Waals surface area contributed by atoms with E-state index in [1.165, 1.54) is 83.5 Å². The Bertz CT molecular complexity index is 784. The van der Waals surface area contributed by atoms with Crippen LogP contribution in [0, 0.1) is 0 Å². The number of aliphatic hydroxyl groups is 1. The second-order valence-electron chi connectivity index (χ2n) is 13.2. The molecule has 0 spiro atoms. The van der Waals surface area contributed by atoms with Crippen LogP contribution < -0.4 is 10.2 Å². The zero-order valence-corrected chi connectivity index (χ0v) is 30.0. The molecule has 0 heterocycles. The van der Waals surface area contributed by atoms with Crippen LogP contribution in [0.3, 0.4) is 0 Å². The third-order valence-corrected chi connectivity index (χ3v) is 8.63. The number of phosphoric ester groups is 1. The molecule has 0 radical (unpaired) electrons. The Hall–Kier alpha value is -1.02.